The fourth-order valence-corrected chi connectivity index (χ4v) is 2.20. The van der Waals surface area contributed by atoms with Crippen LogP contribution in [-0.4, -0.2) is 27.5 Å². The second kappa shape index (κ2) is 5.01. The van der Waals surface area contributed by atoms with Crippen molar-refractivity contribution < 1.29 is 9.32 Å². The van der Waals surface area contributed by atoms with Crippen molar-refractivity contribution in [2.75, 3.05) is 6.54 Å². The second-order valence-corrected chi connectivity index (χ2v) is 4.88. The van der Waals surface area contributed by atoms with Crippen LogP contribution in [0.4, 0.5) is 0 Å². The van der Waals surface area contributed by atoms with Gasteiger partial charge in [0.2, 0.25) is 5.91 Å². The molecule has 0 saturated carbocycles. The lowest BCUT2D eigenvalue weighted by Crippen LogP contribution is -2.24. The van der Waals surface area contributed by atoms with Crippen LogP contribution in [0.3, 0.4) is 0 Å². The molecule has 0 atom stereocenters. The van der Waals surface area contributed by atoms with Gasteiger partial charge in [0.25, 0.3) is 5.89 Å². The van der Waals surface area contributed by atoms with Crippen LogP contribution in [0, 0.1) is 0 Å². The third-order valence-electron chi connectivity index (χ3n) is 3.06. The van der Waals surface area contributed by atoms with Crippen molar-refractivity contribution >= 4 is 17.5 Å². The molecule has 5 nitrogen and oxygen atoms in total. The summed E-state index contributed by atoms with van der Waals surface area (Å²) in [4.78, 5) is 17.6. The molecule has 1 saturated heterocycles. The van der Waals surface area contributed by atoms with E-state index in [1.807, 2.05) is 12.1 Å². The average molecular weight is 278 g/mol. The molecular formula is C13H12ClN3O2. The maximum absolute atomic E-state index is 11.5. The summed E-state index contributed by atoms with van der Waals surface area (Å²) >= 11 is 5.82. The predicted octanol–water partition coefficient (Wildman–Crippen LogP) is 2.51. The number of hydrogen-bond acceptors (Lipinski definition) is 4. The highest BCUT2D eigenvalue weighted by atomic mass is 35.5. The summed E-state index contributed by atoms with van der Waals surface area (Å²) in [7, 11) is 0. The van der Waals surface area contributed by atoms with E-state index in [9.17, 15) is 4.79 Å². The van der Waals surface area contributed by atoms with Gasteiger partial charge in [-0.3, -0.25) is 4.79 Å². The highest BCUT2D eigenvalue weighted by Gasteiger charge is 2.22. The SMILES string of the molecule is O=C1CCCN1Cc1noc(-c2ccc(Cl)cc2)n1. The van der Waals surface area contributed by atoms with Crippen molar-refractivity contribution in [3.8, 4) is 11.5 Å². The number of benzene rings is 1. The van der Waals surface area contributed by atoms with E-state index in [4.69, 9.17) is 16.1 Å². The Kier molecular flexibility index (Phi) is 3.21. The van der Waals surface area contributed by atoms with E-state index in [1.54, 1.807) is 17.0 Å². The number of carbonyl (C=O) groups excluding carboxylic acids is 1. The van der Waals surface area contributed by atoms with Crippen molar-refractivity contribution in [2.45, 2.75) is 19.4 Å². The number of halogens is 1. The van der Waals surface area contributed by atoms with Crippen LogP contribution >= 0.6 is 11.6 Å². The molecule has 1 aromatic carbocycles. The fraction of sp³-hybridized carbons (Fsp3) is 0.308. The van der Waals surface area contributed by atoms with Gasteiger partial charge < -0.3 is 9.42 Å². The molecule has 0 radical (unpaired) electrons. The topological polar surface area (TPSA) is 59.2 Å². The molecule has 1 aliphatic heterocycles. The third kappa shape index (κ3) is 2.61. The van der Waals surface area contributed by atoms with Crippen molar-refractivity contribution in [3.63, 3.8) is 0 Å². The van der Waals surface area contributed by atoms with E-state index in [-0.39, 0.29) is 5.91 Å². The number of aromatic nitrogens is 2. The van der Waals surface area contributed by atoms with Crippen molar-refractivity contribution in [1.29, 1.82) is 0 Å². The molecule has 2 aromatic rings. The van der Waals surface area contributed by atoms with Gasteiger partial charge in [-0.1, -0.05) is 16.8 Å². The average Bonchev–Trinajstić information content (AvgIpc) is 3.01. The van der Waals surface area contributed by atoms with Gasteiger partial charge >= 0.3 is 0 Å². The zero-order valence-corrected chi connectivity index (χ0v) is 10.9. The summed E-state index contributed by atoms with van der Waals surface area (Å²) in [5.41, 5.74) is 0.816. The Balaban J connectivity index is 1.75. The molecule has 3 rings (SSSR count). The number of amides is 1. The van der Waals surface area contributed by atoms with Gasteiger partial charge in [0, 0.05) is 23.6 Å². The number of rotatable bonds is 3. The minimum Gasteiger partial charge on any atom is -0.335 e. The smallest absolute Gasteiger partial charge is 0.257 e. The maximum Gasteiger partial charge on any atom is 0.257 e. The molecule has 6 heteroatoms. The van der Waals surface area contributed by atoms with Gasteiger partial charge in [0.15, 0.2) is 5.82 Å². The van der Waals surface area contributed by atoms with Crippen LogP contribution in [0.25, 0.3) is 11.5 Å². The molecule has 1 aromatic heterocycles. The molecule has 0 bridgehead atoms. The molecule has 98 valence electrons. The predicted molar refractivity (Wildman–Crippen MR) is 69.4 cm³/mol. The molecular weight excluding hydrogens is 266 g/mol. The van der Waals surface area contributed by atoms with Crippen LogP contribution in [-0.2, 0) is 11.3 Å². The lowest BCUT2D eigenvalue weighted by molar-refractivity contribution is -0.128. The Bertz CT molecular complexity index is 594. The zero-order valence-electron chi connectivity index (χ0n) is 10.2. The van der Waals surface area contributed by atoms with Crippen LogP contribution in [0.1, 0.15) is 18.7 Å². The van der Waals surface area contributed by atoms with Crippen LogP contribution in [0.15, 0.2) is 28.8 Å². The molecule has 2 heterocycles. The molecule has 1 aliphatic rings. The monoisotopic (exact) mass is 277 g/mol. The summed E-state index contributed by atoms with van der Waals surface area (Å²) < 4.78 is 5.19. The minimum absolute atomic E-state index is 0.151. The number of hydrogen-bond donors (Lipinski definition) is 0. The summed E-state index contributed by atoms with van der Waals surface area (Å²) in [6, 6.07) is 7.18. The molecule has 0 aliphatic carbocycles. The van der Waals surface area contributed by atoms with Crippen molar-refractivity contribution in [2.24, 2.45) is 0 Å². The number of carbonyl (C=O) groups is 1. The first-order valence-corrected chi connectivity index (χ1v) is 6.46. The van der Waals surface area contributed by atoms with Crippen LogP contribution < -0.4 is 0 Å². The van der Waals surface area contributed by atoms with E-state index < -0.39 is 0 Å². The normalized spacial score (nSPS) is 15.2. The molecule has 19 heavy (non-hydrogen) atoms. The molecule has 0 spiro atoms. The fourth-order valence-electron chi connectivity index (χ4n) is 2.07. The van der Waals surface area contributed by atoms with E-state index >= 15 is 0 Å². The maximum atomic E-state index is 11.5. The van der Waals surface area contributed by atoms with Gasteiger partial charge in [-0.2, -0.15) is 4.98 Å². The van der Waals surface area contributed by atoms with E-state index in [0.717, 1.165) is 18.5 Å². The largest absolute Gasteiger partial charge is 0.335 e. The summed E-state index contributed by atoms with van der Waals surface area (Å²) in [6.07, 6.45) is 1.52. The highest BCUT2D eigenvalue weighted by Crippen LogP contribution is 2.20. The van der Waals surface area contributed by atoms with E-state index in [1.165, 1.54) is 0 Å². The summed E-state index contributed by atoms with van der Waals surface area (Å²) in [5.74, 6) is 1.12. The molecule has 1 fully saturated rings. The summed E-state index contributed by atoms with van der Waals surface area (Å²) in [6.45, 7) is 1.18. The number of likely N-dealkylation sites (tertiary alicyclic amines) is 1. The minimum atomic E-state index is 0.151. The first-order chi connectivity index (χ1) is 9.22. The molecule has 0 N–H and O–H groups in total. The Labute approximate surface area is 115 Å². The lowest BCUT2D eigenvalue weighted by atomic mass is 10.2. The molecule has 0 unspecified atom stereocenters. The van der Waals surface area contributed by atoms with Crippen molar-refractivity contribution in [1.82, 2.24) is 15.0 Å². The first kappa shape index (κ1) is 12.2. The quantitative estimate of drug-likeness (QED) is 0.865. The first-order valence-electron chi connectivity index (χ1n) is 6.09. The molecule has 1 amide bonds. The van der Waals surface area contributed by atoms with Crippen LogP contribution in [0.2, 0.25) is 5.02 Å². The van der Waals surface area contributed by atoms with Gasteiger partial charge in [-0.15, -0.1) is 0 Å². The Morgan fingerprint density at radius 2 is 2.11 bits per heavy atom. The van der Waals surface area contributed by atoms with Crippen LogP contribution in [0.5, 0.6) is 0 Å². The Morgan fingerprint density at radius 3 is 2.79 bits per heavy atom. The van der Waals surface area contributed by atoms with Gasteiger partial charge in [0.05, 0.1) is 6.54 Å². The Morgan fingerprint density at radius 1 is 1.32 bits per heavy atom. The van der Waals surface area contributed by atoms with Crippen molar-refractivity contribution in [3.05, 3.63) is 35.1 Å². The van der Waals surface area contributed by atoms with Gasteiger partial charge in [-0.25, -0.2) is 0 Å². The van der Waals surface area contributed by atoms with E-state index in [0.29, 0.717) is 29.7 Å². The number of nitrogens with zero attached hydrogens (tertiary/aromatic N) is 3. The summed E-state index contributed by atoms with van der Waals surface area (Å²) in [5, 5.41) is 4.56. The lowest BCUT2D eigenvalue weighted by Gasteiger charge is -2.11. The third-order valence-corrected chi connectivity index (χ3v) is 3.31. The Hall–Kier alpha value is -1.88. The van der Waals surface area contributed by atoms with Gasteiger partial charge in [-0.05, 0) is 30.7 Å². The van der Waals surface area contributed by atoms with E-state index in [2.05, 4.69) is 10.1 Å². The highest BCUT2D eigenvalue weighted by molar-refractivity contribution is 6.30. The van der Waals surface area contributed by atoms with Gasteiger partial charge in [0.1, 0.15) is 0 Å². The second-order valence-electron chi connectivity index (χ2n) is 4.44. The standard InChI is InChI=1S/C13H12ClN3O2/c14-10-5-3-9(4-6-10)13-15-11(16-19-13)8-17-7-1-2-12(17)18/h3-6H,1-2,7-8H2. The zero-order chi connectivity index (χ0) is 13.2.